The third-order valence-corrected chi connectivity index (χ3v) is 7.67. The number of aromatic nitrogens is 1. The van der Waals surface area contributed by atoms with Gasteiger partial charge in [0.1, 0.15) is 0 Å². The average molecular weight is 590 g/mol. The Hall–Kier alpha value is -2.88. The van der Waals surface area contributed by atoms with Gasteiger partial charge >= 0.3 is 6.03 Å². The third-order valence-electron chi connectivity index (χ3n) is 6.68. The average Bonchev–Trinajstić information content (AvgIpc) is 3.67. The van der Waals surface area contributed by atoms with Crippen LogP contribution >= 0.6 is 36.2 Å². The van der Waals surface area contributed by atoms with E-state index < -0.39 is 0 Å². The van der Waals surface area contributed by atoms with E-state index in [1.165, 1.54) is 16.8 Å². The van der Waals surface area contributed by atoms with E-state index >= 15 is 0 Å². The molecular weight excluding hydrogens is 555 g/mol. The summed E-state index contributed by atoms with van der Waals surface area (Å²) in [5.74, 6) is 0.914. The van der Waals surface area contributed by atoms with E-state index in [9.17, 15) is 4.79 Å². The molecule has 2 aromatic carbocycles. The van der Waals surface area contributed by atoms with Gasteiger partial charge in [0, 0.05) is 54.8 Å². The maximum absolute atomic E-state index is 13.6. The molecule has 39 heavy (non-hydrogen) atoms. The molecule has 1 saturated heterocycles. The van der Waals surface area contributed by atoms with Crippen LogP contribution in [0.15, 0.2) is 89.1 Å². The highest BCUT2D eigenvalue weighted by atomic mass is 35.5. The second-order valence-electron chi connectivity index (χ2n) is 9.09. The zero-order valence-corrected chi connectivity index (χ0v) is 24.1. The summed E-state index contributed by atoms with van der Waals surface area (Å²) in [6.45, 7) is 5.41. The van der Waals surface area contributed by atoms with Crippen molar-refractivity contribution < 1.29 is 13.9 Å². The molecule has 2 aromatic heterocycles. The fourth-order valence-electron chi connectivity index (χ4n) is 4.65. The Balaban J connectivity index is 0.00000210. The lowest BCUT2D eigenvalue weighted by molar-refractivity contribution is 0.0351. The van der Waals surface area contributed by atoms with E-state index in [1.807, 2.05) is 35.2 Å². The molecule has 0 spiro atoms. The van der Waals surface area contributed by atoms with Crippen molar-refractivity contribution in [2.24, 2.45) is 0 Å². The van der Waals surface area contributed by atoms with Crippen LogP contribution < -0.4 is 5.32 Å². The monoisotopic (exact) mass is 588 g/mol. The van der Waals surface area contributed by atoms with Crippen molar-refractivity contribution in [3.63, 3.8) is 0 Å². The Morgan fingerprint density at radius 3 is 2.56 bits per heavy atom. The van der Waals surface area contributed by atoms with Gasteiger partial charge in [0.25, 0.3) is 0 Å². The predicted octanol–water partition coefficient (Wildman–Crippen LogP) is 6.64. The van der Waals surface area contributed by atoms with Gasteiger partial charge < -0.3 is 19.4 Å². The SMILES string of the molecule is Cl.Cl.O=C(Nc1cccc(-c2cnco2)c1)N(CCC(c1ccccc1)c1cccs1)CCN1CCOCC1. The molecule has 0 radical (unpaired) electrons. The lowest BCUT2D eigenvalue weighted by atomic mass is 9.94. The number of hydrogen-bond donors (Lipinski definition) is 1. The fraction of sp³-hybridized carbons (Fsp3) is 0.310. The number of carbonyl (C=O) groups is 1. The standard InChI is InChI=1S/C29H32N4O3S.2ClH/c34-29(31-25-9-4-8-24(20-25)27-21-30-22-36-27)33(14-13-32-15-17-35-18-16-32)12-11-26(28-10-5-19-37-28)23-6-2-1-3-7-23;;/h1-10,19-22,26H,11-18H2,(H,31,34);2*1H. The minimum atomic E-state index is -0.0963. The number of benzene rings is 2. The molecule has 0 saturated carbocycles. The first-order valence-corrected chi connectivity index (χ1v) is 13.6. The smallest absolute Gasteiger partial charge is 0.321 e. The number of nitrogens with one attached hydrogen (secondary N) is 1. The molecule has 3 heterocycles. The van der Waals surface area contributed by atoms with Gasteiger partial charge in [0.2, 0.25) is 0 Å². The van der Waals surface area contributed by atoms with Crippen LogP contribution in [0.5, 0.6) is 0 Å². The number of morpholine rings is 1. The lowest BCUT2D eigenvalue weighted by Crippen LogP contribution is -2.44. The van der Waals surface area contributed by atoms with Crippen molar-refractivity contribution in [3.8, 4) is 11.3 Å². The number of amides is 2. The van der Waals surface area contributed by atoms with E-state index in [-0.39, 0.29) is 36.8 Å². The quantitative estimate of drug-likeness (QED) is 0.225. The van der Waals surface area contributed by atoms with Gasteiger partial charge in [-0.25, -0.2) is 9.78 Å². The van der Waals surface area contributed by atoms with Gasteiger partial charge in [-0.05, 0) is 35.6 Å². The predicted molar refractivity (Wildman–Crippen MR) is 162 cm³/mol. The van der Waals surface area contributed by atoms with E-state index in [2.05, 4.69) is 57.0 Å². The Morgan fingerprint density at radius 2 is 1.85 bits per heavy atom. The molecule has 7 nitrogen and oxygen atoms in total. The maximum atomic E-state index is 13.6. The van der Waals surface area contributed by atoms with Gasteiger partial charge in [-0.15, -0.1) is 36.2 Å². The molecule has 208 valence electrons. The summed E-state index contributed by atoms with van der Waals surface area (Å²) in [5.41, 5.74) is 2.88. The van der Waals surface area contributed by atoms with Gasteiger partial charge in [-0.3, -0.25) is 4.90 Å². The molecule has 2 amide bonds. The zero-order chi connectivity index (χ0) is 25.3. The summed E-state index contributed by atoms with van der Waals surface area (Å²) in [5, 5.41) is 5.24. The number of anilines is 1. The molecule has 1 fully saturated rings. The van der Waals surface area contributed by atoms with Crippen molar-refractivity contribution in [2.45, 2.75) is 12.3 Å². The molecule has 0 aliphatic carbocycles. The molecule has 1 aliphatic heterocycles. The van der Waals surface area contributed by atoms with Crippen molar-refractivity contribution in [1.82, 2.24) is 14.8 Å². The second-order valence-corrected chi connectivity index (χ2v) is 10.1. The Labute approximate surface area is 246 Å². The molecule has 1 N–H and O–H groups in total. The number of hydrogen-bond acceptors (Lipinski definition) is 6. The zero-order valence-electron chi connectivity index (χ0n) is 21.6. The number of rotatable bonds is 10. The Morgan fingerprint density at radius 1 is 1.03 bits per heavy atom. The highest BCUT2D eigenvalue weighted by Gasteiger charge is 2.21. The van der Waals surface area contributed by atoms with Gasteiger partial charge in [0.05, 0.1) is 19.4 Å². The summed E-state index contributed by atoms with van der Waals surface area (Å²) in [6.07, 6.45) is 3.92. The van der Waals surface area contributed by atoms with Crippen LogP contribution in [0.25, 0.3) is 11.3 Å². The van der Waals surface area contributed by atoms with Crippen molar-refractivity contribution in [3.05, 3.63) is 95.1 Å². The van der Waals surface area contributed by atoms with Crippen molar-refractivity contribution in [2.75, 3.05) is 51.3 Å². The van der Waals surface area contributed by atoms with Crippen LogP contribution in [-0.2, 0) is 4.74 Å². The first-order valence-electron chi connectivity index (χ1n) is 12.7. The molecule has 1 unspecified atom stereocenters. The number of ether oxygens (including phenoxy) is 1. The number of halogens is 2. The first-order chi connectivity index (χ1) is 18.3. The summed E-state index contributed by atoms with van der Waals surface area (Å²) < 4.78 is 10.9. The first kappa shape index (κ1) is 30.7. The number of carbonyl (C=O) groups excluding carboxylic acids is 1. The topological polar surface area (TPSA) is 70.8 Å². The summed E-state index contributed by atoms with van der Waals surface area (Å²) in [7, 11) is 0. The second kappa shape index (κ2) is 15.6. The van der Waals surface area contributed by atoms with Crippen LogP contribution in [0.1, 0.15) is 22.8 Å². The maximum Gasteiger partial charge on any atom is 0.321 e. The molecule has 4 aromatic rings. The number of oxazole rings is 1. The van der Waals surface area contributed by atoms with E-state index in [4.69, 9.17) is 9.15 Å². The number of nitrogens with zero attached hydrogens (tertiary/aromatic N) is 3. The summed E-state index contributed by atoms with van der Waals surface area (Å²) in [4.78, 5) is 23.2. The molecule has 10 heteroatoms. The van der Waals surface area contributed by atoms with Gasteiger partial charge in [0.15, 0.2) is 12.2 Å². The normalized spacial score (nSPS) is 14.1. The Kier molecular flexibility index (Phi) is 12.3. The minimum absolute atomic E-state index is 0. The van der Waals surface area contributed by atoms with Gasteiger partial charge in [-0.1, -0.05) is 48.5 Å². The highest BCUT2D eigenvalue weighted by molar-refractivity contribution is 7.10. The van der Waals surface area contributed by atoms with Crippen molar-refractivity contribution in [1.29, 1.82) is 0 Å². The van der Waals surface area contributed by atoms with Crippen LogP contribution in [0.2, 0.25) is 0 Å². The largest absolute Gasteiger partial charge is 0.444 e. The van der Waals surface area contributed by atoms with Crippen LogP contribution in [0.3, 0.4) is 0 Å². The van der Waals surface area contributed by atoms with E-state index in [1.54, 1.807) is 17.5 Å². The minimum Gasteiger partial charge on any atom is -0.444 e. The molecule has 1 aliphatic rings. The molecule has 1 atom stereocenters. The Bertz CT molecular complexity index is 1240. The van der Waals surface area contributed by atoms with Crippen LogP contribution in [-0.4, -0.2) is 66.8 Å². The molecule has 5 rings (SSSR count). The van der Waals surface area contributed by atoms with Crippen molar-refractivity contribution >= 4 is 47.9 Å². The molecular formula is C29H34Cl2N4O3S. The van der Waals surface area contributed by atoms with Crippen LogP contribution in [0.4, 0.5) is 10.5 Å². The van der Waals surface area contributed by atoms with Gasteiger partial charge in [-0.2, -0.15) is 0 Å². The summed E-state index contributed by atoms with van der Waals surface area (Å²) >= 11 is 1.77. The number of urea groups is 1. The fourth-order valence-corrected chi connectivity index (χ4v) is 5.54. The number of thiophene rings is 1. The molecule has 0 bridgehead atoms. The summed E-state index contributed by atoms with van der Waals surface area (Å²) in [6, 6.07) is 22.4. The third kappa shape index (κ3) is 8.55. The van der Waals surface area contributed by atoms with Crippen LogP contribution in [0, 0.1) is 0 Å². The lowest BCUT2D eigenvalue weighted by Gasteiger charge is -2.31. The van der Waals surface area contributed by atoms with E-state index in [0.717, 1.165) is 50.5 Å². The van der Waals surface area contributed by atoms with E-state index in [0.29, 0.717) is 18.8 Å². The highest BCUT2D eigenvalue weighted by Crippen LogP contribution is 2.31.